The maximum atomic E-state index is 14.5. The molecule has 0 N–H and O–H groups in total. The lowest BCUT2D eigenvalue weighted by Crippen LogP contribution is -2.50. The average Bonchev–Trinajstić information content (AvgIpc) is 2.53. The molecule has 0 aliphatic carbocycles. The number of benzene rings is 1. The van der Waals surface area contributed by atoms with Gasteiger partial charge in [0.25, 0.3) is 0 Å². The van der Waals surface area contributed by atoms with Crippen LogP contribution in [0.5, 0.6) is 0 Å². The lowest BCUT2D eigenvalue weighted by molar-refractivity contribution is -0.128. The van der Waals surface area contributed by atoms with Gasteiger partial charge in [0.2, 0.25) is 5.91 Å². The van der Waals surface area contributed by atoms with Crippen molar-refractivity contribution in [3.05, 3.63) is 29.6 Å². The summed E-state index contributed by atoms with van der Waals surface area (Å²) in [4.78, 5) is 28.5. The molecule has 2 rings (SSSR count). The molecule has 26 heavy (non-hydrogen) atoms. The van der Waals surface area contributed by atoms with Gasteiger partial charge in [0.1, 0.15) is 11.4 Å². The first kappa shape index (κ1) is 20.0. The Bertz CT molecular complexity index is 664. The summed E-state index contributed by atoms with van der Waals surface area (Å²) in [5.74, 6) is -0.377. The summed E-state index contributed by atoms with van der Waals surface area (Å²) >= 11 is 0. The fourth-order valence-electron chi connectivity index (χ4n) is 2.75. The second kappa shape index (κ2) is 7.93. The van der Waals surface area contributed by atoms with Gasteiger partial charge < -0.3 is 19.4 Å². The van der Waals surface area contributed by atoms with Crippen LogP contribution in [-0.4, -0.2) is 60.6 Å². The summed E-state index contributed by atoms with van der Waals surface area (Å²) in [5.41, 5.74) is 0.739. The summed E-state index contributed by atoms with van der Waals surface area (Å²) in [6.45, 7) is 9.43. The van der Waals surface area contributed by atoms with Gasteiger partial charge in [0, 0.05) is 46.7 Å². The molecular formula is C19H28FN3O3. The van der Waals surface area contributed by atoms with E-state index in [4.69, 9.17) is 4.74 Å². The number of rotatable bonds is 3. The molecular weight excluding hydrogens is 337 g/mol. The Morgan fingerprint density at radius 3 is 2.31 bits per heavy atom. The molecule has 0 unspecified atom stereocenters. The zero-order valence-electron chi connectivity index (χ0n) is 16.2. The molecule has 0 spiro atoms. The lowest BCUT2D eigenvalue weighted by Gasteiger charge is -2.36. The number of hydrogen-bond donors (Lipinski definition) is 0. The molecule has 0 radical (unpaired) electrons. The molecule has 0 bridgehead atoms. The average molecular weight is 365 g/mol. The van der Waals surface area contributed by atoms with Crippen LogP contribution < -0.4 is 4.90 Å². The Kier molecular flexibility index (Phi) is 6.10. The quantitative estimate of drug-likeness (QED) is 0.827. The molecule has 0 atom stereocenters. The minimum atomic E-state index is -0.525. The predicted octanol–water partition coefficient (Wildman–Crippen LogP) is 2.86. The van der Waals surface area contributed by atoms with E-state index in [2.05, 4.69) is 0 Å². The molecule has 1 heterocycles. The largest absolute Gasteiger partial charge is 0.444 e. The first-order chi connectivity index (χ1) is 12.1. The summed E-state index contributed by atoms with van der Waals surface area (Å²) in [6.07, 6.45) is -0.333. The lowest BCUT2D eigenvalue weighted by atomic mass is 10.1. The van der Waals surface area contributed by atoms with E-state index in [1.54, 1.807) is 18.0 Å². The van der Waals surface area contributed by atoms with Gasteiger partial charge in [0.05, 0.1) is 5.69 Å². The maximum absolute atomic E-state index is 14.5. The molecule has 1 aliphatic rings. The predicted molar refractivity (Wildman–Crippen MR) is 98.6 cm³/mol. The second-order valence-electron chi connectivity index (χ2n) is 7.62. The molecule has 6 nitrogen and oxygen atoms in total. The third-order valence-electron chi connectivity index (χ3n) is 4.24. The van der Waals surface area contributed by atoms with Crippen molar-refractivity contribution in [2.45, 2.75) is 39.8 Å². The van der Waals surface area contributed by atoms with Crippen molar-refractivity contribution in [2.75, 3.05) is 38.1 Å². The smallest absolute Gasteiger partial charge is 0.410 e. The third-order valence-corrected chi connectivity index (χ3v) is 4.24. The normalized spacial score (nSPS) is 15.0. The van der Waals surface area contributed by atoms with Gasteiger partial charge in [-0.25, -0.2) is 9.18 Å². The van der Waals surface area contributed by atoms with Crippen LogP contribution in [-0.2, 0) is 16.1 Å². The van der Waals surface area contributed by atoms with Gasteiger partial charge in [-0.15, -0.1) is 0 Å². The molecule has 2 amide bonds. The van der Waals surface area contributed by atoms with Crippen molar-refractivity contribution < 1.29 is 18.7 Å². The second-order valence-corrected chi connectivity index (χ2v) is 7.62. The van der Waals surface area contributed by atoms with Gasteiger partial charge in [-0.3, -0.25) is 4.79 Å². The SMILES string of the molecule is CC(=O)N(C)Cc1ccc(N2CCN(C(=O)OC(C)(C)C)CC2)c(F)c1. The number of amides is 2. The number of carbonyl (C=O) groups is 2. The zero-order valence-corrected chi connectivity index (χ0v) is 16.2. The van der Waals surface area contributed by atoms with E-state index in [1.807, 2.05) is 31.7 Å². The molecule has 1 fully saturated rings. The third kappa shape index (κ3) is 5.34. The van der Waals surface area contributed by atoms with Crippen molar-refractivity contribution >= 4 is 17.7 Å². The minimum absolute atomic E-state index is 0.0623. The minimum Gasteiger partial charge on any atom is -0.444 e. The van der Waals surface area contributed by atoms with Gasteiger partial charge >= 0.3 is 6.09 Å². The number of hydrogen-bond acceptors (Lipinski definition) is 4. The van der Waals surface area contributed by atoms with Crippen LogP contribution in [0.15, 0.2) is 18.2 Å². The highest BCUT2D eigenvalue weighted by atomic mass is 19.1. The molecule has 1 aromatic rings. The van der Waals surface area contributed by atoms with Crippen LogP contribution in [0.3, 0.4) is 0 Å². The van der Waals surface area contributed by atoms with Gasteiger partial charge in [-0.2, -0.15) is 0 Å². The Hall–Kier alpha value is -2.31. The number of carbonyl (C=O) groups excluding carboxylic acids is 2. The zero-order chi connectivity index (χ0) is 19.5. The van der Waals surface area contributed by atoms with Gasteiger partial charge in [0.15, 0.2) is 0 Å². The van der Waals surface area contributed by atoms with Gasteiger partial charge in [-0.05, 0) is 38.5 Å². The van der Waals surface area contributed by atoms with Crippen molar-refractivity contribution in [2.24, 2.45) is 0 Å². The molecule has 0 saturated carbocycles. The van der Waals surface area contributed by atoms with E-state index in [1.165, 1.54) is 17.9 Å². The van der Waals surface area contributed by atoms with Crippen LogP contribution in [0.25, 0.3) is 0 Å². The molecule has 0 aromatic heterocycles. The number of anilines is 1. The fraction of sp³-hybridized carbons (Fsp3) is 0.579. The van der Waals surface area contributed by atoms with Crippen LogP contribution in [0.1, 0.15) is 33.3 Å². The van der Waals surface area contributed by atoms with Crippen molar-refractivity contribution in [1.29, 1.82) is 0 Å². The highest BCUT2D eigenvalue weighted by Crippen LogP contribution is 2.23. The topological polar surface area (TPSA) is 53.1 Å². The molecule has 1 saturated heterocycles. The summed E-state index contributed by atoms with van der Waals surface area (Å²) < 4.78 is 19.9. The van der Waals surface area contributed by atoms with Crippen LogP contribution in [0.2, 0.25) is 0 Å². The first-order valence-corrected chi connectivity index (χ1v) is 8.80. The van der Waals surface area contributed by atoms with Crippen molar-refractivity contribution in [1.82, 2.24) is 9.80 Å². The molecule has 1 aromatic carbocycles. The van der Waals surface area contributed by atoms with Gasteiger partial charge in [-0.1, -0.05) is 6.07 Å². The van der Waals surface area contributed by atoms with E-state index < -0.39 is 5.60 Å². The first-order valence-electron chi connectivity index (χ1n) is 8.80. The van der Waals surface area contributed by atoms with E-state index in [-0.39, 0.29) is 17.8 Å². The van der Waals surface area contributed by atoms with E-state index in [0.717, 1.165) is 5.56 Å². The van der Waals surface area contributed by atoms with E-state index >= 15 is 0 Å². The molecule has 1 aliphatic heterocycles. The Morgan fingerprint density at radius 2 is 1.81 bits per heavy atom. The fourth-order valence-corrected chi connectivity index (χ4v) is 2.75. The van der Waals surface area contributed by atoms with Crippen LogP contribution >= 0.6 is 0 Å². The maximum Gasteiger partial charge on any atom is 0.410 e. The monoisotopic (exact) mass is 365 g/mol. The number of piperazine rings is 1. The highest BCUT2D eigenvalue weighted by molar-refractivity contribution is 5.72. The number of nitrogens with zero attached hydrogens (tertiary/aromatic N) is 3. The summed E-state index contributed by atoms with van der Waals surface area (Å²) in [6, 6.07) is 5.04. The molecule has 144 valence electrons. The summed E-state index contributed by atoms with van der Waals surface area (Å²) in [5, 5.41) is 0. The standard InChI is InChI=1S/C19H28FN3O3/c1-14(24)21(5)13-15-6-7-17(16(20)12-15)22-8-10-23(11-9-22)18(25)26-19(2,3)4/h6-7,12H,8-11,13H2,1-5H3. The van der Waals surface area contributed by atoms with E-state index in [9.17, 15) is 14.0 Å². The van der Waals surface area contributed by atoms with Crippen molar-refractivity contribution in [3.8, 4) is 0 Å². The Balaban J connectivity index is 1.97. The Morgan fingerprint density at radius 1 is 1.19 bits per heavy atom. The number of ether oxygens (including phenoxy) is 1. The number of halogens is 1. The molecule has 7 heteroatoms. The van der Waals surface area contributed by atoms with E-state index in [0.29, 0.717) is 38.4 Å². The van der Waals surface area contributed by atoms with Crippen molar-refractivity contribution in [3.63, 3.8) is 0 Å². The van der Waals surface area contributed by atoms with Crippen LogP contribution in [0.4, 0.5) is 14.9 Å². The summed E-state index contributed by atoms with van der Waals surface area (Å²) in [7, 11) is 1.68. The highest BCUT2D eigenvalue weighted by Gasteiger charge is 2.26. The van der Waals surface area contributed by atoms with Crippen LogP contribution in [0, 0.1) is 5.82 Å². The Labute approximate surface area is 154 Å².